The van der Waals surface area contributed by atoms with Crippen LogP contribution < -0.4 is 4.72 Å². The predicted molar refractivity (Wildman–Crippen MR) is 70.5 cm³/mol. The molecular formula is C10H7BrFN3O4S. The van der Waals surface area contributed by atoms with Gasteiger partial charge in [0.25, 0.3) is 10.0 Å². The van der Waals surface area contributed by atoms with Gasteiger partial charge in [-0.05, 0) is 34.1 Å². The van der Waals surface area contributed by atoms with Crippen LogP contribution in [-0.2, 0) is 10.0 Å². The molecule has 0 saturated heterocycles. The van der Waals surface area contributed by atoms with Gasteiger partial charge < -0.3 is 5.11 Å². The van der Waals surface area contributed by atoms with Crippen LogP contribution in [0.1, 0.15) is 10.5 Å². The highest BCUT2D eigenvalue weighted by Crippen LogP contribution is 2.21. The number of anilines is 1. The second-order valence-corrected chi connectivity index (χ2v) is 6.19. The molecule has 0 amide bonds. The number of aromatic carboxylic acids is 1. The SMILES string of the molecule is O=C(O)c1cc(NS(=O)(=O)c2ccc(Br)c(F)c2)n[nH]1. The van der Waals surface area contributed by atoms with Crippen LogP contribution in [0.2, 0.25) is 0 Å². The van der Waals surface area contributed by atoms with Gasteiger partial charge in [-0.3, -0.25) is 9.82 Å². The maximum Gasteiger partial charge on any atom is 0.353 e. The van der Waals surface area contributed by atoms with Gasteiger partial charge in [-0.2, -0.15) is 5.10 Å². The van der Waals surface area contributed by atoms with Crippen LogP contribution in [0.5, 0.6) is 0 Å². The van der Waals surface area contributed by atoms with E-state index in [1.807, 2.05) is 4.72 Å². The zero-order valence-electron chi connectivity index (χ0n) is 9.59. The Hall–Kier alpha value is -1.94. The van der Waals surface area contributed by atoms with Crippen LogP contribution in [0, 0.1) is 5.82 Å². The average molecular weight is 364 g/mol. The summed E-state index contributed by atoms with van der Waals surface area (Å²) in [4.78, 5) is 10.3. The van der Waals surface area contributed by atoms with Gasteiger partial charge in [-0.15, -0.1) is 0 Å². The van der Waals surface area contributed by atoms with Crippen LogP contribution in [0.25, 0.3) is 0 Å². The van der Waals surface area contributed by atoms with Crippen LogP contribution in [0.15, 0.2) is 33.6 Å². The minimum atomic E-state index is -4.05. The molecule has 0 spiro atoms. The highest BCUT2D eigenvalue weighted by molar-refractivity contribution is 9.10. The van der Waals surface area contributed by atoms with E-state index in [-0.39, 0.29) is 20.9 Å². The summed E-state index contributed by atoms with van der Waals surface area (Å²) >= 11 is 2.91. The molecule has 0 aliphatic rings. The molecule has 1 aromatic heterocycles. The fraction of sp³-hybridized carbons (Fsp3) is 0. The van der Waals surface area contributed by atoms with Gasteiger partial charge in [0.15, 0.2) is 5.82 Å². The number of H-pyrrole nitrogens is 1. The molecule has 0 unspecified atom stereocenters. The lowest BCUT2D eigenvalue weighted by Gasteiger charge is -2.05. The van der Waals surface area contributed by atoms with Crippen molar-refractivity contribution < 1.29 is 22.7 Å². The summed E-state index contributed by atoms with van der Waals surface area (Å²) in [6.07, 6.45) is 0. The number of aromatic nitrogens is 2. The van der Waals surface area contributed by atoms with Gasteiger partial charge in [0.05, 0.1) is 9.37 Å². The molecule has 0 atom stereocenters. The van der Waals surface area contributed by atoms with E-state index in [2.05, 4.69) is 26.1 Å². The lowest BCUT2D eigenvalue weighted by atomic mass is 10.3. The molecule has 3 N–H and O–H groups in total. The lowest BCUT2D eigenvalue weighted by molar-refractivity contribution is 0.0690. The van der Waals surface area contributed by atoms with Crippen molar-refractivity contribution in [3.63, 3.8) is 0 Å². The van der Waals surface area contributed by atoms with Gasteiger partial charge in [-0.1, -0.05) is 0 Å². The summed E-state index contributed by atoms with van der Waals surface area (Å²) in [6.45, 7) is 0. The molecule has 0 aliphatic carbocycles. The molecule has 20 heavy (non-hydrogen) atoms. The van der Waals surface area contributed by atoms with Crippen molar-refractivity contribution >= 4 is 37.7 Å². The van der Waals surface area contributed by atoms with Crippen molar-refractivity contribution in [2.75, 3.05) is 4.72 Å². The normalized spacial score (nSPS) is 11.3. The molecule has 2 aromatic rings. The minimum Gasteiger partial charge on any atom is -0.477 e. The third-order valence-corrected chi connectivity index (χ3v) is 4.24. The first-order valence-electron chi connectivity index (χ1n) is 5.06. The number of halogens is 2. The third-order valence-electron chi connectivity index (χ3n) is 2.25. The molecule has 1 heterocycles. The Bertz CT molecular complexity index is 775. The van der Waals surface area contributed by atoms with Gasteiger partial charge in [0, 0.05) is 6.07 Å². The molecular weight excluding hydrogens is 357 g/mol. The number of hydrogen-bond donors (Lipinski definition) is 3. The maximum absolute atomic E-state index is 13.3. The van der Waals surface area contributed by atoms with Crippen LogP contribution >= 0.6 is 15.9 Å². The summed E-state index contributed by atoms with van der Waals surface area (Å²) in [5.74, 6) is -2.22. The molecule has 106 valence electrons. The first kappa shape index (κ1) is 14.5. The molecule has 0 radical (unpaired) electrons. The Balaban J connectivity index is 2.30. The number of sulfonamides is 1. The van der Waals surface area contributed by atoms with Crippen LogP contribution in [0.3, 0.4) is 0 Å². The lowest BCUT2D eigenvalue weighted by Crippen LogP contribution is -2.13. The van der Waals surface area contributed by atoms with E-state index in [1.54, 1.807) is 0 Å². The highest BCUT2D eigenvalue weighted by atomic mass is 79.9. The van der Waals surface area contributed by atoms with E-state index in [4.69, 9.17) is 5.11 Å². The predicted octanol–water partition coefficient (Wildman–Crippen LogP) is 1.81. The van der Waals surface area contributed by atoms with Crippen molar-refractivity contribution in [1.82, 2.24) is 10.2 Å². The zero-order chi connectivity index (χ0) is 14.9. The fourth-order valence-electron chi connectivity index (χ4n) is 1.32. The summed E-state index contributed by atoms with van der Waals surface area (Å²) in [5, 5.41) is 14.3. The number of carbonyl (C=O) groups is 1. The molecule has 1 aromatic carbocycles. The van der Waals surface area contributed by atoms with E-state index in [1.165, 1.54) is 12.1 Å². The summed E-state index contributed by atoms with van der Waals surface area (Å²) in [5.41, 5.74) is -0.273. The number of nitrogens with one attached hydrogen (secondary N) is 2. The van der Waals surface area contributed by atoms with E-state index in [9.17, 15) is 17.6 Å². The van der Waals surface area contributed by atoms with Crippen molar-refractivity contribution in [2.45, 2.75) is 4.90 Å². The Morgan fingerprint density at radius 1 is 1.40 bits per heavy atom. The number of hydrogen-bond acceptors (Lipinski definition) is 4. The van der Waals surface area contributed by atoms with Gasteiger partial charge in [0.2, 0.25) is 0 Å². The number of nitrogens with zero attached hydrogens (tertiary/aromatic N) is 1. The topological polar surface area (TPSA) is 112 Å². The monoisotopic (exact) mass is 363 g/mol. The Labute approximate surface area is 121 Å². The first-order chi connectivity index (χ1) is 9.29. The summed E-state index contributed by atoms with van der Waals surface area (Å²) in [6, 6.07) is 4.28. The zero-order valence-corrected chi connectivity index (χ0v) is 12.0. The number of carboxylic acids is 1. The number of carboxylic acid groups (broad SMARTS) is 1. The number of aromatic amines is 1. The van der Waals surface area contributed by atoms with Gasteiger partial charge in [-0.25, -0.2) is 17.6 Å². The first-order valence-corrected chi connectivity index (χ1v) is 7.34. The Morgan fingerprint density at radius 2 is 2.10 bits per heavy atom. The molecule has 0 bridgehead atoms. The maximum atomic E-state index is 13.3. The van der Waals surface area contributed by atoms with Crippen molar-refractivity contribution in [3.05, 3.63) is 40.2 Å². The van der Waals surface area contributed by atoms with Crippen molar-refractivity contribution in [1.29, 1.82) is 0 Å². The van der Waals surface area contributed by atoms with Crippen molar-refractivity contribution in [2.24, 2.45) is 0 Å². The number of rotatable bonds is 4. The second-order valence-electron chi connectivity index (χ2n) is 3.65. The molecule has 7 nitrogen and oxygen atoms in total. The quantitative estimate of drug-likeness (QED) is 0.766. The van der Waals surface area contributed by atoms with E-state index < -0.39 is 21.8 Å². The Kier molecular flexibility index (Phi) is 3.77. The van der Waals surface area contributed by atoms with Gasteiger partial charge >= 0.3 is 5.97 Å². The fourth-order valence-corrected chi connectivity index (χ4v) is 2.57. The van der Waals surface area contributed by atoms with E-state index in [0.717, 1.165) is 12.1 Å². The summed E-state index contributed by atoms with van der Waals surface area (Å²) < 4.78 is 39.4. The summed E-state index contributed by atoms with van der Waals surface area (Å²) in [7, 11) is -4.05. The van der Waals surface area contributed by atoms with Crippen LogP contribution in [0.4, 0.5) is 10.2 Å². The van der Waals surface area contributed by atoms with E-state index >= 15 is 0 Å². The van der Waals surface area contributed by atoms with Gasteiger partial charge in [0.1, 0.15) is 11.5 Å². The largest absolute Gasteiger partial charge is 0.477 e. The second kappa shape index (κ2) is 5.21. The average Bonchev–Trinajstić information content (AvgIpc) is 2.80. The standard InChI is InChI=1S/C10H7BrFN3O4S/c11-6-2-1-5(3-7(6)12)20(18,19)15-9-4-8(10(16)17)13-14-9/h1-4H,(H,16,17)(H2,13,14,15). The molecule has 10 heteroatoms. The van der Waals surface area contributed by atoms with Crippen molar-refractivity contribution in [3.8, 4) is 0 Å². The minimum absolute atomic E-state index is 0.129. The highest BCUT2D eigenvalue weighted by Gasteiger charge is 2.18. The van der Waals surface area contributed by atoms with E-state index in [0.29, 0.717) is 0 Å². The molecule has 0 fully saturated rings. The molecule has 0 aliphatic heterocycles. The molecule has 2 rings (SSSR count). The smallest absolute Gasteiger partial charge is 0.353 e. The molecule has 0 saturated carbocycles. The van der Waals surface area contributed by atoms with Crippen LogP contribution in [-0.4, -0.2) is 29.7 Å². The third kappa shape index (κ3) is 2.96. The Morgan fingerprint density at radius 3 is 2.65 bits per heavy atom. The number of benzene rings is 1.